The summed E-state index contributed by atoms with van der Waals surface area (Å²) in [6.07, 6.45) is 1.72. The summed E-state index contributed by atoms with van der Waals surface area (Å²) in [5, 5.41) is 2.77. The molecule has 0 aliphatic carbocycles. The van der Waals surface area contributed by atoms with Crippen molar-refractivity contribution in [2.45, 2.75) is 17.7 Å². The van der Waals surface area contributed by atoms with Crippen molar-refractivity contribution in [3.05, 3.63) is 52.5 Å². The van der Waals surface area contributed by atoms with Crippen LogP contribution in [0, 0.1) is 0 Å². The zero-order chi connectivity index (χ0) is 18.7. The van der Waals surface area contributed by atoms with Gasteiger partial charge in [-0.05, 0) is 71.2 Å². The first-order chi connectivity index (χ1) is 12.4. The summed E-state index contributed by atoms with van der Waals surface area (Å²) in [6.45, 7) is 1.04. The number of anilines is 1. The molecule has 0 bridgehead atoms. The molecular weight excluding hydrogens is 420 g/mol. The van der Waals surface area contributed by atoms with Crippen LogP contribution in [0.2, 0.25) is 0 Å². The van der Waals surface area contributed by atoms with Gasteiger partial charge in [0, 0.05) is 23.2 Å². The third-order valence-corrected chi connectivity index (χ3v) is 6.82. The second-order valence-corrected chi connectivity index (χ2v) is 8.73. The van der Waals surface area contributed by atoms with Crippen molar-refractivity contribution in [2.75, 3.05) is 25.5 Å². The molecule has 1 saturated heterocycles. The van der Waals surface area contributed by atoms with Gasteiger partial charge >= 0.3 is 0 Å². The lowest BCUT2D eigenvalue weighted by Gasteiger charge is -2.16. The molecule has 0 saturated carbocycles. The molecule has 26 heavy (non-hydrogen) atoms. The Morgan fingerprint density at radius 2 is 1.77 bits per heavy atom. The van der Waals surface area contributed by atoms with Crippen LogP contribution in [0.5, 0.6) is 5.75 Å². The highest BCUT2D eigenvalue weighted by Crippen LogP contribution is 2.26. The molecule has 6 nitrogen and oxygen atoms in total. The summed E-state index contributed by atoms with van der Waals surface area (Å²) >= 11 is 3.33. The lowest BCUT2D eigenvalue weighted by Crippen LogP contribution is -2.28. The van der Waals surface area contributed by atoms with Crippen molar-refractivity contribution in [1.82, 2.24) is 4.31 Å². The first-order valence-electron chi connectivity index (χ1n) is 8.17. The van der Waals surface area contributed by atoms with Crippen LogP contribution in [-0.4, -0.2) is 38.8 Å². The van der Waals surface area contributed by atoms with Crippen LogP contribution in [0.3, 0.4) is 0 Å². The smallest absolute Gasteiger partial charge is 0.256 e. The predicted octanol–water partition coefficient (Wildman–Crippen LogP) is 3.49. The number of hydrogen-bond donors (Lipinski definition) is 1. The zero-order valence-electron chi connectivity index (χ0n) is 14.2. The van der Waals surface area contributed by atoms with Gasteiger partial charge in [0.1, 0.15) is 5.75 Å². The van der Waals surface area contributed by atoms with E-state index < -0.39 is 10.0 Å². The Balaban J connectivity index is 1.85. The van der Waals surface area contributed by atoms with Gasteiger partial charge < -0.3 is 10.1 Å². The fraction of sp³-hybridized carbons (Fsp3) is 0.278. The molecule has 0 unspecified atom stereocenters. The highest BCUT2D eigenvalue weighted by Gasteiger charge is 2.28. The average molecular weight is 439 g/mol. The number of nitrogens with one attached hydrogen (secondary N) is 1. The van der Waals surface area contributed by atoms with Gasteiger partial charge in [-0.1, -0.05) is 0 Å². The molecule has 2 aromatic carbocycles. The standard InChI is InChI=1S/C18H19BrN2O4S/c1-25-14-6-4-13(5-7-14)20-18(22)16-12-15(8-9-17(16)19)26(23,24)21-10-2-3-11-21/h4-9,12H,2-3,10-11H2,1H3,(H,20,22). The summed E-state index contributed by atoms with van der Waals surface area (Å²) in [7, 11) is -2.01. The van der Waals surface area contributed by atoms with Gasteiger partial charge in [0.2, 0.25) is 10.0 Å². The highest BCUT2D eigenvalue weighted by molar-refractivity contribution is 9.10. The normalized spacial score (nSPS) is 15.0. The molecule has 1 N–H and O–H groups in total. The van der Waals surface area contributed by atoms with Crippen molar-refractivity contribution >= 4 is 37.5 Å². The van der Waals surface area contributed by atoms with E-state index in [0.29, 0.717) is 29.0 Å². The quantitative estimate of drug-likeness (QED) is 0.774. The van der Waals surface area contributed by atoms with Crippen LogP contribution in [0.15, 0.2) is 51.8 Å². The minimum absolute atomic E-state index is 0.127. The van der Waals surface area contributed by atoms with Gasteiger partial charge in [-0.15, -0.1) is 0 Å². The first-order valence-corrected chi connectivity index (χ1v) is 10.4. The maximum absolute atomic E-state index is 12.7. The summed E-state index contributed by atoms with van der Waals surface area (Å²) in [5.41, 5.74) is 0.858. The zero-order valence-corrected chi connectivity index (χ0v) is 16.6. The van der Waals surface area contributed by atoms with Crippen LogP contribution in [0.4, 0.5) is 5.69 Å². The van der Waals surface area contributed by atoms with Crippen LogP contribution in [-0.2, 0) is 10.0 Å². The van der Waals surface area contributed by atoms with Crippen molar-refractivity contribution in [1.29, 1.82) is 0 Å². The maximum atomic E-state index is 12.7. The van der Waals surface area contributed by atoms with E-state index in [-0.39, 0.29) is 16.4 Å². The largest absolute Gasteiger partial charge is 0.497 e. The van der Waals surface area contributed by atoms with E-state index in [1.54, 1.807) is 37.4 Å². The van der Waals surface area contributed by atoms with Crippen molar-refractivity contribution in [2.24, 2.45) is 0 Å². The van der Waals surface area contributed by atoms with E-state index in [2.05, 4.69) is 21.2 Å². The van der Waals surface area contributed by atoms with Crippen LogP contribution in [0.1, 0.15) is 23.2 Å². The molecule has 0 aromatic heterocycles. The fourth-order valence-electron chi connectivity index (χ4n) is 2.79. The van der Waals surface area contributed by atoms with E-state index in [1.165, 1.54) is 16.4 Å². The van der Waals surface area contributed by atoms with E-state index in [0.717, 1.165) is 12.8 Å². The number of hydrogen-bond acceptors (Lipinski definition) is 4. The monoisotopic (exact) mass is 438 g/mol. The molecule has 8 heteroatoms. The minimum Gasteiger partial charge on any atom is -0.497 e. The number of benzene rings is 2. The molecule has 1 aliphatic rings. The molecule has 1 heterocycles. The SMILES string of the molecule is COc1ccc(NC(=O)c2cc(S(=O)(=O)N3CCCC3)ccc2Br)cc1. The maximum Gasteiger partial charge on any atom is 0.256 e. The van der Waals surface area contributed by atoms with E-state index in [9.17, 15) is 13.2 Å². The summed E-state index contributed by atoms with van der Waals surface area (Å²) < 4.78 is 32.5. The fourth-order valence-corrected chi connectivity index (χ4v) is 4.76. The first kappa shape index (κ1) is 18.9. The number of amides is 1. The Labute approximate surface area is 161 Å². The number of carbonyl (C=O) groups is 1. The molecular formula is C18H19BrN2O4S. The van der Waals surface area contributed by atoms with Gasteiger partial charge in [0.15, 0.2) is 0 Å². The molecule has 138 valence electrons. The van der Waals surface area contributed by atoms with Gasteiger partial charge in [0.05, 0.1) is 17.6 Å². The lowest BCUT2D eigenvalue weighted by molar-refractivity contribution is 0.102. The van der Waals surface area contributed by atoms with Crippen LogP contribution >= 0.6 is 15.9 Å². The molecule has 3 rings (SSSR count). The number of methoxy groups -OCH3 is 1. The Kier molecular flexibility index (Phi) is 5.64. The summed E-state index contributed by atoms with van der Waals surface area (Å²) in [5.74, 6) is 0.295. The molecule has 1 fully saturated rings. The lowest BCUT2D eigenvalue weighted by atomic mass is 10.2. The second kappa shape index (κ2) is 7.77. The number of carbonyl (C=O) groups excluding carboxylic acids is 1. The van der Waals surface area contributed by atoms with Crippen LogP contribution in [0.25, 0.3) is 0 Å². The summed E-state index contributed by atoms with van der Waals surface area (Å²) in [4.78, 5) is 12.7. The van der Waals surface area contributed by atoms with Gasteiger partial charge in [-0.3, -0.25) is 4.79 Å². The molecule has 2 aromatic rings. The topological polar surface area (TPSA) is 75.7 Å². The van der Waals surface area contributed by atoms with Crippen LogP contribution < -0.4 is 10.1 Å². The number of sulfonamides is 1. The predicted molar refractivity (Wildman–Crippen MR) is 103 cm³/mol. The number of rotatable bonds is 5. The van der Waals surface area contributed by atoms with Gasteiger partial charge in [0.25, 0.3) is 5.91 Å². The van der Waals surface area contributed by atoms with Gasteiger partial charge in [-0.25, -0.2) is 8.42 Å². The second-order valence-electron chi connectivity index (χ2n) is 5.94. The Bertz CT molecular complexity index is 907. The number of ether oxygens (including phenoxy) is 1. The van der Waals surface area contributed by atoms with E-state index >= 15 is 0 Å². The van der Waals surface area contributed by atoms with E-state index in [4.69, 9.17) is 4.74 Å². The molecule has 0 radical (unpaired) electrons. The van der Waals surface area contributed by atoms with Crippen molar-refractivity contribution in [3.63, 3.8) is 0 Å². The molecule has 0 atom stereocenters. The van der Waals surface area contributed by atoms with Crippen molar-refractivity contribution < 1.29 is 17.9 Å². The minimum atomic E-state index is -3.58. The van der Waals surface area contributed by atoms with E-state index in [1.807, 2.05) is 0 Å². The highest BCUT2D eigenvalue weighted by atomic mass is 79.9. The Morgan fingerprint density at radius 3 is 2.38 bits per heavy atom. The Morgan fingerprint density at radius 1 is 1.12 bits per heavy atom. The van der Waals surface area contributed by atoms with Crippen molar-refractivity contribution in [3.8, 4) is 5.75 Å². The molecule has 0 spiro atoms. The molecule has 1 aliphatic heterocycles. The third kappa shape index (κ3) is 3.92. The third-order valence-electron chi connectivity index (χ3n) is 4.23. The average Bonchev–Trinajstić information content (AvgIpc) is 3.18. The molecule has 1 amide bonds. The summed E-state index contributed by atoms with van der Waals surface area (Å²) in [6, 6.07) is 11.4. The number of halogens is 1. The Hall–Kier alpha value is -1.90. The van der Waals surface area contributed by atoms with Gasteiger partial charge in [-0.2, -0.15) is 4.31 Å². The number of nitrogens with zero attached hydrogens (tertiary/aromatic N) is 1.